The fraction of sp³-hybridized carbons (Fsp3) is 0.200. The molecule has 24 heavy (non-hydrogen) atoms. The van der Waals surface area contributed by atoms with Crippen LogP contribution in [0.5, 0.6) is 0 Å². The Morgan fingerprint density at radius 1 is 1.42 bits per heavy atom. The van der Waals surface area contributed by atoms with Crippen molar-refractivity contribution in [3.05, 3.63) is 46.1 Å². The third kappa shape index (κ3) is 2.25. The third-order valence-electron chi connectivity index (χ3n) is 3.86. The molecule has 0 bridgehead atoms. The Balaban J connectivity index is 1.94. The molecule has 2 aromatic heterocycles. The normalized spacial score (nSPS) is 13.6. The molecule has 0 N–H and O–H groups in total. The van der Waals surface area contributed by atoms with E-state index < -0.39 is 0 Å². The molecule has 0 radical (unpaired) electrons. The maximum atomic E-state index is 12.7. The van der Waals surface area contributed by atoms with E-state index in [0.717, 1.165) is 15.9 Å². The first-order valence-corrected chi connectivity index (χ1v) is 8.42. The number of hydrogen-bond acceptors (Lipinski definition) is 5. The monoisotopic (exact) mass is 407 g/mol. The number of halogens is 2. The highest BCUT2D eigenvalue weighted by Gasteiger charge is 2.29. The molecule has 0 unspecified atom stereocenters. The van der Waals surface area contributed by atoms with Gasteiger partial charge in [-0.3, -0.25) is 9.36 Å². The van der Waals surface area contributed by atoms with E-state index in [1.807, 2.05) is 22.8 Å². The predicted octanol–water partition coefficient (Wildman–Crippen LogP) is 3.01. The smallest absolute Gasteiger partial charge is 0.257 e. The zero-order valence-electron chi connectivity index (χ0n) is 12.5. The van der Waals surface area contributed by atoms with Crippen LogP contribution in [-0.4, -0.2) is 37.5 Å². The molecule has 0 atom stereocenters. The summed E-state index contributed by atoms with van der Waals surface area (Å²) in [5.41, 5.74) is 2.73. The van der Waals surface area contributed by atoms with Crippen molar-refractivity contribution >= 4 is 33.4 Å². The van der Waals surface area contributed by atoms with E-state index in [1.54, 1.807) is 18.3 Å². The molecule has 0 saturated carbocycles. The number of nitrogens with zero attached hydrogens (tertiary/aromatic N) is 5. The van der Waals surface area contributed by atoms with Crippen molar-refractivity contribution in [1.29, 1.82) is 0 Å². The van der Waals surface area contributed by atoms with Crippen molar-refractivity contribution in [3.63, 3.8) is 0 Å². The van der Waals surface area contributed by atoms with Crippen LogP contribution in [-0.2, 0) is 12.4 Å². The van der Waals surface area contributed by atoms with Gasteiger partial charge in [0.25, 0.3) is 5.91 Å². The Kier molecular flexibility index (Phi) is 3.65. The summed E-state index contributed by atoms with van der Waals surface area (Å²) in [7, 11) is 1.75. The van der Waals surface area contributed by atoms with Crippen molar-refractivity contribution < 1.29 is 9.32 Å². The first-order valence-electron chi connectivity index (χ1n) is 7.09. The minimum atomic E-state index is -0.0679. The Hall–Kier alpha value is -2.19. The van der Waals surface area contributed by atoms with E-state index in [4.69, 9.17) is 16.1 Å². The van der Waals surface area contributed by atoms with Crippen LogP contribution < -0.4 is 0 Å². The third-order valence-corrected chi connectivity index (χ3v) is 4.75. The molecule has 1 aliphatic heterocycles. The maximum absolute atomic E-state index is 12.7. The molecule has 122 valence electrons. The van der Waals surface area contributed by atoms with Gasteiger partial charge in [-0.1, -0.05) is 11.2 Å². The summed E-state index contributed by atoms with van der Waals surface area (Å²) in [6.07, 6.45) is 1.67. The lowest BCUT2D eigenvalue weighted by atomic mass is 10.1. The highest BCUT2D eigenvalue weighted by molar-refractivity contribution is 9.10. The molecule has 0 spiro atoms. The molecule has 7 nitrogen and oxygen atoms in total. The molecule has 1 aliphatic rings. The van der Waals surface area contributed by atoms with Gasteiger partial charge in [-0.05, 0) is 28.1 Å². The second kappa shape index (κ2) is 5.71. The number of rotatable bonds is 2. The second-order valence-electron chi connectivity index (χ2n) is 5.35. The van der Waals surface area contributed by atoms with Crippen molar-refractivity contribution in [2.24, 2.45) is 0 Å². The van der Waals surface area contributed by atoms with Crippen LogP contribution in [0, 0.1) is 0 Å². The van der Waals surface area contributed by atoms with Crippen molar-refractivity contribution in [1.82, 2.24) is 24.6 Å². The van der Waals surface area contributed by atoms with E-state index in [0.29, 0.717) is 29.5 Å². The molecule has 9 heteroatoms. The van der Waals surface area contributed by atoms with E-state index in [1.165, 1.54) is 0 Å². The van der Waals surface area contributed by atoms with Crippen molar-refractivity contribution in [2.45, 2.75) is 12.4 Å². The number of carbonyl (C=O) groups excluding carboxylic acids is 1. The highest BCUT2D eigenvalue weighted by Crippen LogP contribution is 2.32. The van der Waals surface area contributed by atoms with Gasteiger partial charge in [0.2, 0.25) is 11.7 Å². The Morgan fingerprint density at radius 2 is 2.25 bits per heavy atom. The van der Waals surface area contributed by atoms with Gasteiger partial charge in [-0.2, -0.15) is 4.98 Å². The lowest BCUT2D eigenvalue weighted by Crippen LogP contribution is -2.25. The summed E-state index contributed by atoms with van der Waals surface area (Å²) in [6, 6.07) is 5.61. The van der Waals surface area contributed by atoms with Gasteiger partial charge in [0.15, 0.2) is 0 Å². The van der Waals surface area contributed by atoms with Gasteiger partial charge in [0.1, 0.15) is 17.9 Å². The largest absolute Gasteiger partial charge is 0.338 e. The van der Waals surface area contributed by atoms with E-state index in [2.05, 4.69) is 31.1 Å². The number of benzene rings is 1. The molecule has 3 aromatic rings. The quantitative estimate of drug-likeness (QED) is 0.609. The molecule has 1 aromatic carbocycles. The summed E-state index contributed by atoms with van der Waals surface area (Å²) in [4.78, 5) is 23.0. The molecular formula is C15H11BrClN5O2. The minimum absolute atomic E-state index is 0.0679. The second-order valence-corrected chi connectivity index (χ2v) is 6.47. The SMILES string of the molecule is CN1Cc2c(-c3noc(CCl)n3)ncn2-c2cccc(Br)c2C1=O. The Bertz CT molecular complexity index is 951. The zero-order valence-corrected chi connectivity index (χ0v) is 14.9. The molecule has 4 rings (SSSR count). The molecule has 3 heterocycles. The van der Waals surface area contributed by atoms with Gasteiger partial charge in [-0.15, -0.1) is 11.6 Å². The van der Waals surface area contributed by atoms with Gasteiger partial charge >= 0.3 is 0 Å². The zero-order chi connectivity index (χ0) is 16.8. The average Bonchev–Trinajstić information content (AvgIpc) is 3.18. The fourth-order valence-corrected chi connectivity index (χ4v) is 3.37. The molecule has 0 aliphatic carbocycles. The van der Waals surface area contributed by atoms with Crippen molar-refractivity contribution in [3.8, 4) is 17.2 Å². The lowest BCUT2D eigenvalue weighted by Gasteiger charge is -2.14. The van der Waals surface area contributed by atoms with Crippen LogP contribution in [0.4, 0.5) is 0 Å². The number of carbonyl (C=O) groups is 1. The Morgan fingerprint density at radius 3 is 3.00 bits per heavy atom. The van der Waals surface area contributed by atoms with Gasteiger partial charge < -0.3 is 9.42 Å². The van der Waals surface area contributed by atoms with Crippen LogP contribution in [0.3, 0.4) is 0 Å². The summed E-state index contributed by atoms with van der Waals surface area (Å²) >= 11 is 9.18. The van der Waals surface area contributed by atoms with Crippen LogP contribution in [0.1, 0.15) is 21.9 Å². The average molecular weight is 409 g/mol. The van der Waals surface area contributed by atoms with Crippen LogP contribution in [0.2, 0.25) is 0 Å². The first-order chi connectivity index (χ1) is 11.6. The number of aromatic nitrogens is 4. The van der Waals surface area contributed by atoms with Crippen molar-refractivity contribution in [2.75, 3.05) is 7.05 Å². The number of alkyl halides is 1. The van der Waals surface area contributed by atoms with E-state index >= 15 is 0 Å². The number of amides is 1. The van der Waals surface area contributed by atoms with Crippen LogP contribution in [0.25, 0.3) is 17.2 Å². The number of fused-ring (bicyclic) bond motifs is 3. The summed E-state index contributed by atoms with van der Waals surface area (Å²) in [5, 5.41) is 3.93. The van der Waals surface area contributed by atoms with E-state index in [9.17, 15) is 4.79 Å². The predicted molar refractivity (Wildman–Crippen MR) is 89.9 cm³/mol. The lowest BCUT2D eigenvalue weighted by molar-refractivity contribution is 0.0787. The standard InChI is InChI=1S/C15H11BrClN5O2/c1-21-6-10-13(14-19-11(5-17)24-20-14)18-7-22(10)9-4-2-3-8(16)12(9)15(21)23/h2-4,7H,5-6H2,1H3. The molecule has 1 amide bonds. The maximum Gasteiger partial charge on any atom is 0.257 e. The molecule has 0 saturated heterocycles. The molecular weight excluding hydrogens is 398 g/mol. The van der Waals surface area contributed by atoms with Gasteiger partial charge in [0.05, 0.1) is 23.5 Å². The van der Waals surface area contributed by atoms with Gasteiger partial charge in [0, 0.05) is 11.5 Å². The highest BCUT2D eigenvalue weighted by atomic mass is 79.9. The topological polar surface area (TPSA) is 77.1 Å². The van der Waals surface area contributed by atoms with Gasteiger partial charge in [-0.25, -0.2) is 4.98 Å². The Labute approximate surface area is 150 Å². The minimum Gasteiger partial charge on any atom is -0.338 e. The number of hydrogen-bond donors (Lipinski definition) is 0. The first kappa shape index (κ1) is 15.3. The summed E-state index contributed by atoms with van der Waals surface area (Å²) in [6.45, 7) is 0.375. The van der Waals surface area contributed by atoms with Crippen LogP contribution in [0.15, 0.2) is 33.5 Å². The molecule has 0 fully saturated rings. The van der Waals surface area contributed by atoms with Crippen LogP contribution >= 0.6 is 27.5 Å². The van der Waals surface area contributed by atoms with E-state index in [-0.39, 0.29) is 11.8 Å². The fourth-order valence-electron chi connectivity index (χ4n) is 2.74. The summed E-state index contributed by atoms with van der Waals surface area (Å²) in [5.74, 6) is 0.756. The number of imidazole rings is 1. The summed E-state index contributed by atoms with van der Waals surface area (Å²) < 4.78 is 7.69.